The summed E-state index contributed by atoms with van der Waals surface area (Å²) in [6.45, 7) is 12.7. The second kappa shape index (κ2) is 13.0. The lowest BCUT2D eigenvalue weighted by Gasteiger charge is -2.14. The zero-order valence-corrected chi connectivity index (χ0v) is 18.4. The standard InChI is InChI=1S/C25H36O3/c1-19(2)10-7-12-21(5)15-16-23(18-22(6)13-8-11-20(3)4)28-25(26)24-14-9-17-27-24/h9-11,14-15,17-18,23H,7-8,12-13,16H2,1-6H3/b21-15+,22-18+. The SMILES string of the molecule is CC(C)=CCC/C(C)=C/CC(/C=C(\C)CCC=C(C)C)OC(=O)c1ccco1. The molecule has 0 radical (unpaired) electrons. The summed E-state index contributed by atoms with van der Waals surface area (Å²) < 4.78 is 10.9. The molecule has 0 fully saturated rings. The van der Waals surface area contributed by atoms with E-state index >= 15 is 0 Å². The quantitative estimate of drug-likeness (QED) is 0.291. The minimum absolute atomic E-state index is 0.241. The van der Waals surface area contributed by atoms with Crippen molar-refractivity contribution in [2.75, 3.05) is 0 Å². The molecule has 1 aromatic rings. The molecule has 0 aliphatic carbocycles. The molecule has 0 spiro atoms. The van der Waals surface area contributed by atoms with Crippen LogP contribution >= 0.6 is 0 Å². The van der Waals surface area contributed by atoms with Gasteiger partial charge in [-0.05, 0) is 85.4 Å². The molecule has 1 atom stereocenters. The Morgan fingerprint density at radius 2 is 1.57 bits per heavy atom. The second-order valence-electron chi connectivity index (χ2n) is 7.86. The molecule has 1 heterocycles. The number of esters is 1. The maximum absolute atomic E-state index is 12.3. The molecule has 0 aliphatic heterocycles. The summed E-state index contributed by atoms with van der Waals surface area (Å²) >= 11 is 0. The number of ether oxygens (including phenoxy) is 1. The van der Waals surface area contributed by atoms with Gasteiger partial charge in [0, 0.05) is 6.42 Å². The van der Waals surface area contributed by atoms with E-state index in [1.54, 1.807) is 12.1 Å². The number of carbonyl (C=O) groups excluding carboxylic acids is 1. The van der Waals surface area contributed by atoms with Gasteiger partial charge >= 0.3 is 5.97 Å². The van der Waals surface area contributed by atoms with E-state index in [1.807, 2.05) is 0 Å². The summed E-state index contributed by atoms with van der Waals surface area (Å²) in [5.74, 6) is -0.177. The molecule has 0 aromatic carbocycles. The van der Waals surface area contributed by atoms with Gasteiger partial charge < -0.3 is 9.15 Å². The van der Waals surface area contributed by atoms with Crippen LogP contribution < -0.4 is 0 Å². The fourth-order valence-electron chi connectivity index (χ4n) is 2.74. The molecule has 1 aromatic heterocycles. The first-order valence-electron chi connectivity index (χ1n) is 10.1. The molecule has 1 rings (SSSR count). The summed E-state index contributed by atoms with van der Waals surface area (Å²) in [5.41, 5.74) is 5.20. The van der Waals surface area contributed by atoms with Crippen molar-refractivity contribution in [2.24, 2.45) is 0 Å². The number of carbonyl (C=O) groups is 1. The van der Waals surface area contributed by atoms with Crippen LogP contribution in [0.2, 0.25) is 0 Å². The second-order valence-corrected chi connectivity index (χ2v) is 7.86. The third-order valence-corrected chi connectivity index (χ3v) is 4.33. The largest absolute Gasteiger partial charge is 0.457 e. The van der Waals surface area contributed by atoms with Crippen LogP contribution in [0.1, 0.15) is 84.2 Å². The minimum atomic E-state index is -0.418. The van der Waals surface area contributed by atoms with Crippen LogP contribution in [0.3, 0.4) is 0 Å². The highest BCUT2D eigenvalue weighted by Crippen LogP contribution is 2.16. The third kappa shape index (κ3) is 10.8. The van der Waals surface area contributed by atoms with Crippen LogP contribution in [-0.2, 0) is 4.74 Å². The van der Waals surface area contributed by atoms with Gasteiger partial charge in [0.15, 0.2) is 0 Å². The highest BCUT2D eigenvalue weighted by molar-refractivity contribution is 5.86. The van der Waals surface area contributed by atoms with Crippen molar-refractivity contribution < 1.29 is 13.9 Å². The van der Waals surface area contributed by atoms with Gasteiger partial charge in [0.25, 0.3) is 0 Å². The Balaban J connectivity index is 2.77. The highest BCUT2D eigenvalue weighted by Gasteiger charge is 2.16. The smallest absolute Gasteiger partial charge is 0.374 e. The molecule has 0 amide bonds. The van der Waals surface area contributed by atoms with Crippen LogP contribution in [0.25, 0.3) is 0 Å². The Bertz CT molecular complexity index is 707. The van der Waals surface area contributed by atoms with Gasteiger partial charge in [-0.1, -0.05) is 40.5 Å². The first-order chi connectivity index (χ1) is 13.3. The average Bonchev–Trinajstić information content (AvgIpc) is 3.13. The number of furan rings is 1. The molecule has 0 bridgehead atoms. The van der Waals surface area contributed by atoms with Crippen LogP contribution in [-0.4, -0.2) is 12.1 Å². The van der Waals surface area contributed by atoms with Crippen molar-refractivity contribution in [2.45, 2.75) is 79.8 Å². The summed E-state index contributed by atoms with van der Waals surface area (Å²) in [6.07, 6.45) is 14.6. The van der Waals surface area contributed by atoms with E-state index in [4.69, 9.17) is 9.15 Å². The first-order valence-corrected chi connectivity index (χ1v) is 10.1. The molecule has 3 heteroatoms. The van der Waals surface area contributed by atoms with Gasteiger partial charge in [-0.25, -0.2) is 4.79 Å². The van der Waals surface area contributed by atoms with Crippen molar-refractivity contribution in [1.82, 2.24) is 0 Å². The Hall–Kier alpha value is -2.29. The molecule has 1 unspecified atom stereocenters. The molecule has 154 valence electrons. The van der Waals surface area contributed by atoms with Crippen molar-refractivity contribution in [3.8, 4) is 0 Å². The summed E-state index contributed by atoms with van der Waals surface area (Å²) in [7, 11) is 0. The van der Waals surface area contributed by atoms with E-state index in [-0.39, 0.29) is 11.9 Å². The molecule has 3 nitrogen and oxygen atoms in total. The van der Waals surface area contributed by atoms with Gasteiger partial charge in [-0.3, -0.25) is 0 Å². The molecular weight excluding hydrogens is 348 g/mol. The van der Waals surface area contributed by atoms with E-state index in [0.29, 0.717) is 6.42 Å². The van der Waals surface area contributed by atoms with Gasteiger partial charge in [0.1, 0.15) is 6.10 Å². The lowest BCUT2D eigenvalue weighted by Crippen LogP contribution is -2.16. The third-order valence-electron chi connectivity index (χ3n) is 4.33. The Morgan fingerprint density at radius 1 is 0.964 bits per heavy atom. The lowest BCUT2D eigenvalue weighted by molar-refractivity contribution is 0.0361. The fourth-order valence-corrected chi connectivity index (χ4v) is 2.74. The lowest BCUT2D eigenvalue weighted by atomic mass is 10.0. The molecule has 0 aliphatic rings. The number of rotatable bonds is 11. The predicted molar refractivity (Wildman–Crippen MR) is 117 cm³/mol. The van der Waals surface area contributed by atoms with Gasteiger partial charge in [-0.15, -0.1) is 0 Å². The molecule has 0 N–H and O–H groups in total. The van der Waals surface area contributed by atoms with Crippen LogP contribution in [0.4, 0.5) is 0 Å². The van der Waals surface area contributed by atoms with E-state index in [1.165, 1.54) is 28.6 Å². The van der Waals surface area contributed by atoms with E-state index in [0.717, 1.165) is 25.7 Å². The topological polar surface area (TPSA) is 39.4 Å². The maximum Gasteiger partial charge on any atom is 0.374 e. The monoisotopic (exact) mass is 384 g/mol. The maximum atomic E-state index is 12.3. The van der Waals surface area contributed by atoms with Crippen LogP contribution in [0, 0.1) is 0 Å². The van der Waals surface area contributed by atoms with Crippen molar-refractivity contribution in [3.05, 3.63) is 70.8 Å². The Morgan fingerprint density at radius 3 is 2.11 bits per heavy atom. The molecule has 28 heavy (non-hydrogen) atoms. The van der Waals surface area contributed by atoms with E-state index in [9.17, 15) is 4.79 Å². The summed E-state index contributed by atoms with van der Waals surface area (Å²) in [4.78, 5) is 12.3. The average molecular weight is 385 g/mol. The van der Waals surface area contributed by atoms with Crippen molar-refractivity contribution >= 4 is 5.97 Å². The predicted octanol–water partition coefficient (Wildman–Crippen LogP) is 7.58. The number of hydrogen-bond acceptors (Lipinski definition) is 3. The molecule has 0 saturated carbocycles. The van der Waals surface area contributed by atoms with E-state index < -0.39 is 5.97 Å². The first kappa shape index (κ1) is 23.7. The van der Waals surface area contributed by atoms with Crippen molar-refractivity contribution in [1.29, 1.82) is 0 Å². The molecular formula is C25H36O3. The van der Waals surface area contributed by atoms with Crippen molar-refractivity contribution in [3.63, 3.8) is 0 Å². The number of hydrogen-bond donors (Lipinski definition) is 0. The van der Waals surface area contributed by atoms with Crippen LogP contribution in [0.15, 0.2) is 69.4 Å². The summed E-state index contributed by atoms with van der Waals surface area (Å²) in [5, 5.41) is 0. The Labute approximate surface area is 170 Å². The van der Waals surface area contributed by atoms with E-state index in [2.05, 4.69) is 65.8 Å². The van der Waals surface area contributed by atoms with Gasteiger partial charge in [-0.2, -0.15) is 0 Å². The highest BCUT2D eigenvalue weighted by atomic mass is 16.6. The van der Waals surface area contributed by atoms with Crippen LogP contribution in [0.5, 0.6) is 0 Å². The normalized spacial score (nSPS) is 13.1. The van der Waals surface area contributed by atoms with Gasteiger partial charge in [0.05, 0.1) is 6.26 Å². The molecule has 0 saturated heterocycles. The number of allylic oxidation sites excluding steroid dienone is 6. The summed E-state index contributed by atoms with van der Waals surface area (Å²) in [6, 6.07) is 3.32. The zero-order chi connectivity index (χ0) is 20.9. The fraction of sp³-hybridized carbons (Fsp3) is 0.480. The Kier molecular flexibility index (Phi) is 11.0. The minimum Gasteiger partial charge on any atom is -0.457 e. The zero-order valence-electron chi connectivity index (χ0n) is 18.4. The van der Waals surface area contributed by atoms with Gasteiger partial charge in [0.2, 0.25) is 5.76 Å².